The molecule has 4 nitrogen and oxygen atoms in total. The Balaban J connectivity index is 2.48. The minimum absolute atomic E-state index is 0.101. The predicted octanol–water partition coefficient (Wildman–Crippen LogP) is 2.29. The van der Waals surface area contributed by atoms with Crippen molar-refractivity contribution in [3.8, 4) is 0 Å². The van der Waals surface area contributed by atoms with Crippen molar-refractivity contribution in [3.05, 3.63) is 23.8 Å². The van der Waals surface area contributed by atoms with E-state index in [2.05, 4.69) is 43.0 Å². The van der Waals surface area contributed by atoms with Gasteiger partial charge in [0.1, 0.15) is 6.61 Å². The molecule has 0 radical (unpaired) electrons. The number of hydrogen-bond donors (Lipinski definition) is 1. The van der Waals surface area contributed by atoms with Crippen LogP contribution >= 0.6 is 0 Å². The Morgan fingerprint density at radius 1 is 1.35 bits per heavy atom. The monoisotopic (exact) mass is 237 g/mol. The van der Waals surface area contributed by atoms with Crippen LogP contribution in [0.2, 0.25) is 0 Å². The van der Waals surface area contributed by atoms with Crippen LogP contribution < -0.4 is 5.32 Å². The van der Waals surface area contributed by atoms with Crippen LogP contribution in [0, 0.1) is 0 Å². The lowest BCUT2D eigenvalue weighted by Gasteiger charge is -2.20. The molecule has 1 N–H and O–H groups in total. The Bertz CT molecular complexity index is 334. The highest BCUT2D eigenvalue weighted by Gasteiger charge is 2.09. The minimum atomic E-state index is 0.101. The summed E-state index contributed by atoms with van der Waals surface area (Å²) in [5, 5.41) is 3.40. The van der Waals surface area contributed by atoms with Crippen LogP contribution in [0.1, 0.15) is 45.6 Å². The molecule has 0 unspecified atom stereocenters. The zero-order valence-corrected chi connectivity index (χ0v) is 11.3. The Labute approximate surface area is 104 Å². The fourth-order valence-electron chi connectivity index (χ4n) is 1.27. The van der Waals surface area contributed by atoms with E-state index in [-0.39, 0.29) is 5.54 Å². The van der Waals surface area contributed by atoms with Crippen LogP contribution in [-0.4, -0.2) is 22.1 Å². The molecule has 1 aromatic heterocycles. The molecule has 1 aromatic rings. The largest absolute Gasteiger partial charge is 0.373 e. The lowest BCUT2D eigenvalue weighted by atomic mass is 10.1. The van der Waals surface area contributed by atoms with Gasteiger partial charge < -0.3 is 10.1 Å². The minimum Gasteiger partial charge on any atom is -0.373 e. The van der Waals surface area contributed by atoms with E-state index < -0.39 is 0 Å². The molecule has 96 valence electrons. The first-order valence-corrected chi connectivity index (χ1v) is 6.15. The zero-order chi connectivity index (χ0) is 12.7. The van der Waals surface area contributed by atoms with Crippen LogP contribution in [0.3, 0.4) is 0 Å². The third kappa shape index (κ3) is 6.34. The summed E-state index contributed by atoms with van der Waals surface area (Å²) in [5.74, 6) is 0.756. The maximum atomic E-state index is 5.42. The van der Waals surface area contributed by atoms with Crippen molar-refractivity contribution >= 4 is 0 Å². The van der Waals surface area contributed by atoms with Gasteiger partial charge in [0.15, 0.2) is 5.82 Å². The van der Waals surface area contributed by atoms with Gasteiger partial charge in [0.05, 0.1) is 5.69 Å². The van der Waals surface area contributed by atoms with Gasteiger partial charge in [0, 0.05) is 24.9 Å². The number of ether oxygens (including phenoxy) is 1. The molecule has 0 aliphatic heterocycles. The summed E-state index contributed by atoms with van der Waals surface area (Å²) in [4.78, 5) is 8.64. The molecule has 1 rings (SSSR count). The molecular formula is C13H23N3O. The van der Waals surface area contributed by atoms with Gasteiger partial charge in [-0.2, -0.15) is 0 Å². The smallest absolute Gasteiger partial charge is 0.154 e. The highest BCUT2D eigenvalue weighted by molar-refractivity contribution is 5.02. The maximum absolute atomic E-state index is 5.42. The summed E-state index contributed by atoms with van der Waals surface area (Å²) in [6.07, 6.45) is 2.81. The van der Waals surface area contributed by atoms with E-state index in [4.69, 9.17) is 4.74 Å². The summed E-state index contributed by atoms with van der Waals surface area (Å²) < 4.78 is 5.42. The number of hydrogen-bond acceptors (Lipinski definition) is 4. The van der Waals surface area contributed by atoms with E-state index in [1.807, 2.05) is 6.07 Å². The van der Waals surface area contributed by atoms with E-state index in [1.165, 1.54) is 0 Å². The van der Waals surface area contributed by atoms with Crippen molar-refractivity contribution in [1.29, 1.82) is 0 Å². The van der Waals surface area contributed by atoms with Crippen LogP contribution in [-0.2, 0) is 17.9 Å². The molecule has 0 aromatic carbocycles. The quantitative estimate of drug-likeness (QED) is 0.771. The molecule has 0 saturated carbocycles. The first kappa shape index (κ1) is 14.1. The Morgan fingerprint density at radius 3 is 2.76 bits per heavy atom. The van der Waals surface area contributed by atoms with Crippen LogP contribution in [0.25, 0.3) is 0 Å². The van der Waals surface area contributed by atoms with Gasteiger partial charge >= 0.3 is 0 Å². The Kier molecular flexibility index (Phi) is 5.51. The molecule has 0 atom stereocenters. The van der Waals surface area contributed by atoms with E-state index in [9.17, 15) is 0 Å². The fraction of sp³-hybridized carbons (Fsp3) is 0.692. The summed E-state index contributed by atoms with van der Waals surface area (Å²) >= 11 is 0. The first-order valence-electron chi connectivity index (χ1n) is 6.15. The number of nitrogens with one attached hydrogen (secondary N) is 1. The van der Waals surface area contributed by atoms with Gasteiger partial charge in [0.2, 0.25) is 0 Å². The van der Waals surface area contributed by atoms with Gasteiger partial charge in [-0.15, -0.1) is 0 Å². The topological polar surface area (TPSA) is 47.0 Å². The van der Waals surface area contributed by atoms with Crippen LogP contribution in [0.15, 0.2) is 12.3 Å². The molecule has 0 amide bonds. The van der Waals surface area contributed by atoms with Gasteiger partial charge in [-0.05, 0) is 33.3 Å². The zero-order valence-electron chi connectivity index (χ0n) is 11.3. The molecule has 0 aliphatic rings. The molecule has 1 heterocycles. The van der Waals surface area contributed by atoms with Crippen LogP contribution in [0.5, 0.6) is 0 Å². The van der Waals surface area contributed by atoms with E-state index >= 15 is 0 Å². The summed E-state index contributed by atoms with van der Waals surface area (Å²) in [6.45, 7) is 10.5. The summed E-state index contributed by atoms with van der Waals surface area (Å²) in [6, 6.07) is 1.93. The molecule has 0 aliphatic carbocycles. The van der Waals surface area contributed by atoms with Crippen LogP contribution in [0.4, 0.5) is 0 Å². The molecule has 17 heavy (non-hydrogen) atoms. The van der Waals surface area contributed by atoms with Crippen molar-refractivity contribution in [3.63, 3.8) is 0 Å². The predicted molar refractivity (Wildman–Crippen MR) is 68.6 cm³/mol. The first-order chi connectivity index (χ1) is 8.01. The third-order valence-corrected chi connectivity index (χ3v) is 2.14. The lowest BCUT2D eigenvalue weighted by molar-refractivity contribution is 0.116. The standard InChI is InChI=1S/C13H23N3O/c1-5-8-17-10-12-14-7-6-11(16-12)9-15-13(2,3)4/h6-7,15H,5,8-10H2,1-4H3. The van der Waals surface area contributed by atoms with E-state index in [0.717, 1.165) is 31.1 Å². The number of nitrogens with zero attached hydrogens (tertiary/aromatic N) is 2. The second kappa shape index (κ2) is 6.67. The summed E-state index contributed by atoms with van der Waals surface area (Å²) in [7, 11) is 0. The molecule has 0 bridgehead atoms. The van der Waals surface area contributed by atoms with Gasteiger partial charge in [-0.3, -0.25) is 0 Å². The van der Waals surface area contributed by atoms with Crippen molar-refractivity contribution in [2.75, 3.05) is 6.61 Å². The maximum Gasteiger partial charge on any atom is 0.154 e. The second-order valence-electron chi connectivity index (χ2n) is 5.12. The van der Waals surface area contributed by atoms with Gasteiger partial charge in [0.25, 0.3) is 0 Å². The van der Waals surface area contributed by atoms with Gasteiger partial charge in [-0.1, -0.05) is 6.92 Å². The number of rotatable bonds is 6. The highest BCUT2D eigenvalue weighted by Crippen LogP contribution is 2.03. The summed E-state index contributed by atoms with van der Waals surface area (Å²) in [5.41, 5.74) is 1.11. The van der Waals surface area contributed by atoms with E-state index in [0.29, 0.717) is 6.61 Å². The Hall–Kier alpha value is -1.00. The molecule has 0 spiro atoms. The molecule has 0 saturated heterocycles. The fourth-order valence-corrected chi connectivity index (χ4v) is 1.27. The van der Waals surface area contributed by atoms with Crippen molar-refractivity contribution < 1.29 is 4.74 Å². The third-order valence-electron chi connectivity index (χ3n) is 2.14. The van der Waals surface area contributed by atoms with Crippen molar-refractivity contribution in [1.82, 2.24) is 15.3 Å². The molecule has 0 fully saturated rings. The highest BCUT2D eigenvalue weighted by atomic mass is 16.5. The van der Waals surface area contributed by atoms with Crippen molar-refractivity contribution in [2.45, 2.75) is 52.8 Å². The van der Waals surface area contributed by atoms with Crippen molar-refractivity contribution in [2.24, 2.45) is 0 Å². The Morgan fingerprint density at radius 2 is 2.12 bits per heavy atom. The SMILES string of the molecule is CCCOCc1nccc(CNC(C)(C)C)n1. The van der Waals surface area contributed by atoms with Gasteiger partial charge in [-0.25, -0.2) is 9.97 Å². The molecule has 4 heteroatoms. The normalized spacial score (nSPS) is 11.8. The van der Waals surface area contributed by atoms with E-state index in [1.54, 1.807) is 6.20 Å². The second-order valence-corrected chi connectivity index (χ2v) is 5.12. The number of aromatic nitrogens is 2. The molecular weight excluding hydrogens is 214 g/mol. The lowest BCUT2D eigenvalue weighted by Crippen LogP contribution is -2.35. The average Bonchev–Trinajstić information content (AvgIpc) is 2.27. The average molecular weight is 237 g/mol.